The standard InChI is InChI=1S/C19H31NO2/c1-17(2,3)14-11-9-13(10-12-14)15(20)19(7,8)16(21)22-18(4,5)6/h9-12,15H,20H2,1-8H3/t15-/m1/s1. The van der Waals surface area contributed by atoms with Crippen molar-refractivity contribution in [1.29, 1.82) is 0 Å². The third kappa shape index (κ3) is 4.57. The summed E-state index contributed by atoms with van der Waals surface area (Å²) in [5.74, 6) is -0.271. The lowest BCUT2D eigenvalue weighted by Crippen LogP contribution is -2.41. The Kier molecular flexibility index (Phi) is 5.13. The molecule has 0 saturated heterocycles. The predicted octanol–water partition coefficient (Wildman–Crippen LogP) is 4.35. The summed E-state index contributed by atoms with van der Waals surface area (Å²) in [7, 11) is 0. The fourth-order valence-corrected chi connectivity index (χ4v) is 2.14. The Morgan fingerprint density at radius 3 is 1.77 bits per heavy atom. The summed E-state index contributed by atoms with van der Waals surface area (Å²) in [6.45, 7) is 15.8. The second-order valence-corrected chi connectivity index (χ2v) is 8.57. The molecule has 1 aromatic carbocycles. The highest BCUT2D eigenvalue weighted by molar-refractivity contribution is 5.77. The van der Waals surface area contributed by atoms with Crippen LogP contribution >= 0.6 is 0 Å². The van der Waals surface area contributed by atoms with E-state index < -0.39 is 17.1 Å². The van der Waals surface area contributed by atoms with Crippen LogP contribution in [0.25, 0.3) is 0 Å². The van der Waals surface area contributed by atoms with Gasteiger partial charge in [0.25, 0.3) is 0 Å². The fraction of sp³-hybridized carbons (Fsp3) is 0.632. The van der Waals surface area contributed by atoms with Crippen LogP contribution in [0.2, 0.25) is 0 Å². The van der Waals surface area contributed by atoms with Gasteiger partial charge in [-0.25, -0.2) is 0 Å². The molecule has 0 aliphatic carbocycles. The molecule has 0 spiro atoms. The van der Waals surface area contributed by atoms with Crippen LogP contribution in [0.15, 0.2) is 24.3 Å². The van der Waals surface area contributed by atoms with Gasteiger partial charge in [-0.2, -0.15) is 0 Å². The lowest BCUT2D eigenvalue weighted by molar-refractivity contribution is -0.167. The van der Waals surface area contributed by atoms with Gasteiger partial charge < -0.3 is 10.5 Å². The smallest absolute Gasteiger partial charge is 0.313 e. The number of esters is 1. The van der Waals surface area contributed by atoms with Crippen molar-refractivity contribution in [1.82, 2.24) is 0 Å². The molecule has 0 bridgehead atoms. The van der Waals surface area contributed by atoms with E-state index in [1.54, 1.807) is 0 Å². The first-order chi connectivity index (χ1) is 9.75. The van der Waals surface area contributed by atoms with E-state index in [9.17, 15) is 4.79 Å². The zero-order valence-electron chi connectivity index (χ0n) is 15.3. The van der Waals surface area contributed by atoms with E-state index in [1.165, 1.54) is 5.56 Å². The number of nitrogens with two attached hydrogens (primary N) is 1. The van der Waals surface area contributed by atoms with Gasteiger partial charge >= 0.3 is 5.97 Å². The van der Waals surface area contributed by atoms with Gasteiger partial charge in [0, 0.05) is 6.04 Å². The molecule has 0 radical (unpaired) electrons. The molecule has 0 saturated carbocycles. The van der Waals surface area contributed by atoms with E-state index in [0.717, 1.165) is 5.56 Å². The van der Waals surface area contributed by atoms with Gasteiger partial charge in [-0.15, -0.1) is 0 Å². The molecule has 1 atom stereocenters. The number of carbonyl (C=O) groups is 1. The molecule has 2 N–H and O–H groups in total. The second-order valence-electron chi connectivity index (χ2n) is 8.57. The third-order valence-electron chi connectivity index (χ3n) is 3.84. The molecule has 1 aromatic rings. The highest BCUT2D eigenvalue weighted by Gasteiger charge is 2.39. The second kappa shape index (κ2) is 6.04. The van der Waals surface area contributed by atoms with E-state index in [2.05, 4.69) is 32.9 Å². The third-order valence-corrected chi connectivity index (χ3v) is 3.84. The summed E-state index contributed by atoms with van der Waals surface area (Å²) in [5.41, 5.74) is 7.36. The molecule has 0 fully saturated rings. The molecule has 22 heavy (non-hydrogen) atoms. The Morgan fingerprint density at radius 2 is 1.41 bits per heavy atom. The normalized spacial score (nSPS) is 14.6. The van der Waals surface area contributed by atoms with E-state index in [4.69, 9.17) is 10.5 Å². The molecule has 3 nitrogen and oxygen atoms in total. The summed E-state index contributed by atoms with van der Waals surface area (Å²) in [6, 6.07) is 7.78. The minimum absolute atomic E-state index is 0.101. The minimum atomic E-state index is -0.781. The lowest BCUT2D eigenvalue weighted by atomic mass is 9.79. The maximum Gasteiger partial charge on any atom is 0.313 e. The molecule has 0 amide bonds. The first-order valence-electron chi connectivity index (χ1n) is 7.84. The fourth-order valence-electron chi connectivity index (χ4n) is 2.14. The van der Waals surface area contributed by atoms with Crippen molar-refractivity contribution < 1.29 is 9.53 Å². The topological polar surface area (TPSA) is 52.3 Å². The predicted molar refractivity (Wildman–Crippen MR) is 91.7 cm³/mol. The highest BCUT2D eigenvalue weighted by atomic mass is 16.6. The average Bonchev–Trinajstić information content (AvgIpc) is 2.35. The van der Waals surface area contributed by atoms with Crippen molar-refractivity contribution in [2.45, 2.75) is 72.4 Å². The number of hydrogen-bond donors (Lipinski definition) is 1. The molecule has 124 valence electrons. The van der Waals surface area contributed by atoms with Crippen LogP contribution in [0.1, 0.15) is 72.6 Å². The van der Waals surface area contributed by atoms with E-state index >= 15 is 0 Å². The van der Waals surface area contributed by atoms with Gasteiger partial charge in [0.2, 0.25) is 0 Å². The van der Waals surface area contributed by atoms with E-state index in [0.29, 0.717) is 0 Å². The van der Waals surface area contributed by atoms with Crippen LogP contribution in [0.3, 0.4) is 0 Å². The summed E-state index contributed by atoms with van der Waals surface area (Å²) < 4.78 is 5.50. The first kappa shape index (κ1) is 18.7. The van der Waals surface area contributed by atoms with Crippen LogP contribution in [-0.2, 0) is 14.9 Å². The summed E-state index contributed by atoms with van der Waals surface area (Å²) >= 11 is 0. The molecule has 0 aliphatic heterocycles. The maximum atomic E-state index is 12.4. The molecule has 0 aliphatic rings. The van der Waals surface area contributed by atoms with Crippen LogP contribution < -0.4 is 5.73 Å². The molecular formula is C19H31NO2. The maximum absolute atomic E-state index is 12.4. The Labute approximate surface area is 135 Å². The number of rotatable bonds is 3. The molecule has 0 aromatic heterocycles. The zero-order valence-corrected chi connectivity index (χ0v) is 15.3. The summed E-state index contributed by atoms with van der Waals surface area (Å²) in [4.78, 5) is 12.4. The largest absolute Gasteiger partial charge is 0.460 e. The first-order valence-corrected chi connectivity index (χ1v) is 7.84. The molecular weight excluding hydrogens is 274 g/mol. The number of benzene rings is 1. The molecule has 3 heteroatoms. The van der Waals surface area contributed by atoms with Crippen molar-refractivity contribution in [3.63, 3.8) is 0 Å². The summed E-state index contributed by atoms with van der Waals surface area (Å²) in [6.07, 6.45) is 0. The van der Waals surface area contributed by atoms with Gasteiger partial charge in [-0.3, -0.25) is 4.79 Å². The van der Waals surface area contributed by atoms with Gasteiger partial charge in [0.05, 0.1) is 5.41 Å². The van der Waals surface area contributed by atoms with E-state index in [-0.39, 0.29) is 11.4 Å². The Hall–Kier alpha value is -1.35. The van der Waals surface area contributed by atoms with Crippen molar-refractivity contribution >= 4 is 5.97 Å². The van der Waals surface area contributed by atoms with Crippen LogP contribution in [0.4, 0.5) is 0 Å². The van der Waals surface area contributed by atoms with Gasteiger partial charge in [-0.05, 0) is 51.2 Å². The lowest BCUT2D eigenvalue weighted by Gasteiger charge is -2.33. The van der Waals surface area contributed by atoms with Gasteiger partial charge in [0.15, 0.2) is 0 Å². The monoisotopic (exact) mass is 305 g/mol. The number of hydrogen-bond acceptors (Lipinski definition) is 3. The minimum Gasteiger partial charge on any atom is -0.460 e. The van der Waals surface area contributed by atoms with Crippen molar-refractivity contribution in [2.24, 2.45) is 11.1 Å². The molecule has 1 rings (SSSR count). The SMILES string of the molecule is CC(C)(C)OC(=O)C(C)(C)[C@H](N)c1ccc(C(C)(C)C)cc1. The molecule has 0 heterocycles. The quantitative estimate of drug-likeness (QED) is 0.845. The van der Waals surface area contributed by atoms with Crippen molar-refractivity contribution in [2.75, 3.05) is 0 Å². The zero-order chi connectivity index (χ0) is 17.3. The number of carbonyl (C=O) groups excluding carboxylic acids is 1. The average molecular weight is 305 g/mol. The number of ether oxygens (including phenoxy) is 1. The van der Waals surface area contributed by atoms with Gasteiger partial charge in [-0.1, -0.05) is 45.0 Å². The van der Waals surface area contributed by atoms with Crippen LogP contribution in [-0.4, -0.2) is 11.6 Å². The molecule has 0 unspecified atom stereocenters. The van der Waals surface area contributed by atoms with Crippen LogP contribution in [0.5, 0.6) is 0 Å². The van der Waals surface area contributed by atoms with E-state index in [1.807, 2.05) is 46.8 Å². The Bertz CT molecular complexity index is 516. The van der Waals surface area contributed by atoms with Crippen molar-refractivity contribution in [3.05, 3.63) is 35.4 Å². The Balaban J connectivity index is 2.99. The van der Waals surface area contributed by atoms with Crippen LogP contribution in [0, 0.1) is 5.41 Å². The highest BCUT2D eigenvalue weighted by Crippen LogP contribution is 2.34. The van der Waals surface area contributed by atoms with Crippen molar-refractivity contribution in [3.8, 4) is 0 Å². The van der Waals surface area contributed by atoms with Gasteiger partial charge in [0.1, 0.15) is 5.60 Å². The summed E-state index contributed by atoms with van der Waals surface area (Å²) in [5, 5.41) is 0. The Morgan fingerprint density at radius 1 is 0.955 bits per heavy atom.